The molecule has 6 nitrogen and oxygen atoms in total. The molecule has 3 aromatic rings. The van der Waals surface area contributed by atoms with E-state index < -0.39 is 0 Å². The molecule has 114 valence electrons. The maximum absolute atomic E-state index is 8.87. The molecule has 0 aliphatic carbocycles. The highest BCUT2D eigenvalue weighted by molar-refractivity contribution is 6.30. The van der Waals surface area contributed by atoms with Gasteiger partial charge in [0.1, 0.15) is 17.6 Å². The van der Waals surface area contributed by atoms with E-state index in [9.17, 15) is 0 Å². The first-order valence-corrected chi connectivity index (χ1v) is 7.27. The Kier molecular flexibility index (Phi) is 4.22. The molecule has 0 saturated heterocycles. The second-order valence-electron chi connectivity index (χ2n) is 4.85. The molecule has 0 spiro atoms. The van der Waals surface area contributed by atoms with Crippen LogP contribution in [-0.2, 0) is 0 Å². The van der Waals surface area contributed by atoms with Gasteiger partial charge in [-0.25, -0.2) is 4.98 Å². The molecule has 1 atom stereocenters. The zero-order valence-electron chi connectivity index (χ0n) is 12.2. The number of aromatic nitrogens is 3. The summed E-state index contributed by atoms with van der Waals surface area (Å²) in [5, 5.41) is 16.6. The summed E-state index contributed by atoms with van der Waals surface area (Å²) >= 11 is 5.86. The molecule has 0 aliphatic heterocycles. The summed E-state index contributed by atoms with van der Waals surface area (Å²) in [6, 6.07) is 14.1. The molecular formula is C16H12ClN5O. The molecule has 2 heterocycles. The Morgan fingerprint density at radius 2 is 1.96 bits per heavy atom. The smallest absolute Gasteiger partial charge is 0.257 e. The summed E-state index contributed by atoms with van der Waals surface area (Å²) in [6.07, 6.45) is 0. The molecule has 1 N–H and O–H groups in total. The van der Waals surface area contributed by atoms with Gasteiger partial charge in [-0.15, -0.1) is 0 Å². The molecule has 0 fully saturated rings. The van der Waals surface area contributed by atoms with Crippen LogP contribution < -0.4 is 5.32 Å². The Balaban J connectivity index is 1.77. The summed E-state index contributed by atoms with van der Waals surface area (Å²) in [4.78, 5) is 8.53. The summed E-state index contributed by atoms with van der Waals surface area (Å²) in [5.41, 5.74) is 1.14. The van der Waals surface area contributed by atoms with Gasteiger partial charge in [-0.05, 0) is 43.3 Å². The van der Waals surface area contributed by atoms with Crippen LogP contribution in [0.25, 0.3) is 11.5 Å². The zero-order valence-corrected chi connectivity index (χ0v) is 12.9. The van der Waals surface area contributed by atoms with Gasteiger partial charge in [0.2, 0.25) is 0 Å². The highest BCUT2D eigenvalue weighted by Crippen LogP contribution is 2.22. The van der Waals surface area contributed by atoms with Crippen molar-refractivity contribution in [3.05, 3.63) is 59.0 Å². The summed E-state index contributed by atoms with van der Waals surface area (Å²) in [5.74, 6) is 1.50. The maximum Gasteiger partial charge on any atom is 0.257 e. The average Bonchev–Trinajstić information content (AvgIpc) is 3.06. The number of nitriles is 1. The van der Waals surface area contributed by atoms with Gasteiger partial charge in [-0.2, -0.15) is 10.2 Å². The van der Waals surface area contributed by atoms with E-state index in [1.165, 1.54) is 0 Å². The number of pyridine rings is 1. The van der Waals surface area contributed by atoms with Crippen molar-refractivity contribution >= 4 is 17.4 Å². The highest BCUT2D eigenvalue weighted by Gasteiger charge is 2.15. The molecule has 2 aromatic heterocycles. The van der Waals surface area contributed by atoms with Crippen molar-refractivity contribution in [1.29, 1.82) is 5.26 Å². The van der Waals surface area contributed by atoms with Gasteiger partial charge in [0.25, 0.3) is 5.89 Å². The lowest BCUT2D eigenvalue weighted by molar-refractivity contribution is 0.420. The first-order valence-electron chi connectivity index (χ1n) is 6.89. The largest absolute Gasteiger partial charge is 0.360 e. The minimum Gasteiger partial charge on any atom is -0.360 e. The number of hydrogen-bond donors (Lipinski definition) is 1. The lowest BCUT2D eigenvalue weighted by atomic mass is 10.2. The van der Waals surface area contributed by atoms with Crippen molar-refractivity contribution in [3.8, 4) is 17.5 Å². The summed E-state index contributed by atoms with van der Waals surface area (Å²) in [6.45, 7) is 1.89. The highest BCUT2D eigenvalue weighted by atomic mass is 35.5. The van der Waals surface area contributed by atoms with Gasteiger partial charge in [-0.1, -0.05) is 22.8 Å². The van der Waals surface area contributed by atoms with Crippen LogP contribution in [0.15, 0.2) is 47.0 Å². The lowest BCUT2D eigenvalue weighted by Gasteiger charge is -2.10. The fraction of sp³-hybridized carbons (Fsp3) is 0.125. The Morgan fingerprint density at radius 3 is 2.70 bits per heavy atom. The van der Waals surface area contributed by atoms with E-state index in [2.05, 4.69) is 20.4 Å². The van der Waals surface area contributed by atoms with E-state index in [1.54, 1.807) is 30.3 Å². The third kappa shape index (κ3) is 3.47. The Hall–Kier alpha value is -2.91. The monoisotopic (exact) mass is 325 g/mol. The number of anilines is 1. The lowest BCUT2D eigenvalue weighted by Crippen LogP contribution is -2.09. The molecular weight excluding hydrogens is 314 g/mol. The van der Waals surface area contributed by atoms with E-state index in [0.717, 1.165) is 5.56 Å². The van der Waals surface area contributed by atoms with Gasteiger partial charge in [0, 0.05) is 10.6 Å². The SMILES string of the molecule is CC(Nc1cccc(C#N)n1)c1noc(-c2ccc(Cl)cc2)n1. The normalized spacial score (nSPS) is 11.7. The van der Waals surface area contributed by atoms with Gasteiger partial charge in [-0.3, -0.25) is 0 Å². The number of hydrogen-bond acceptors (Lipinski definition) is 6. The number of nitrogens with one attached hydrogen (secondary N) is 1. The minimum atomic E-state index is -0.221. The fourth-order valence-corrected chi connectivity index (χ4v) is 2.11. The van der Waals surface area contributed by atoms with Crippen LogP contribution in [0.1, 0.15) is 24.5 Å². The van der Waals surface area contributed by atoms with E-state index in [1.807, 2.05) is 25.1 Å². The van der Waals surface area contributed by atoms with Gasteiger partial charge in [0.05, 0.1) is 6.04 Å². The molecule has 1 aromatic carbocycles. The molecule has 23 heavy (non-hydrogen) atoms. The summed E-state index contributed by atoms with van der Waals surface area (Å²) in [7, 11) is 0. The third-order valence-corrected chi connectivity index (χ3v) is 3.40. The third-order valence-electron chi connectivity index (χ3n) is 3.15. The molecule has 0 amide bonds. The van der Waals surface area contributed by atoms with Crippen LogP contribution in [0.5, 0.6) is 0 Å². The van der Waals surface area contributed by atoms with E-state index >= 15 is 0 Å². The van der Waals surface area contributed by atoms with Crippen molar-refractivity contribution in [2.24, 2.45) is 0 Å². The van der Waals surface area contributed by atoms with Crippen LogP contribution in [-0.4, -0.2) is 15.1 Å². The van der Waals surface area contributed by atoms with Crippen molar-refractivity contribution in [2.45, 2.75) is 13.0 Å². The predicted molar refractivity (Wildman–Crippen MR) is 85.7 cm³/mol. The molecule has 0 aliphatic rings. The zero-order chi connectivity index (χ0) is 16.2. The van der Waals surface area contributed by atoms with E-state index in [0.29, 0.717) is 28.2 Å². The minimum absolute atomic E-state index is 0.221. The second-order valence-corrected chi connectivity index (χ2v) is 5.29. The maximum atomic E-state index is 8.87. The molecule has 7 heteroatoms. The standard InChI is InChI=1S/C16H12ClN5O/c1-10(19-14-4-2-3-13(9-18)20-14)15-21-16(23-22-15)11-5-7-12(17)8-6-11/h2-8,10H,1H3,(H,19,20). The van der Waals surface area contributed by atoms with E-state index in [-0.39, 0.29) is 6.04 Å². The topological polar surface area (TPSA) is 87.6 Å². The van der Waals surface area contributed by atoms with Crippen molar-refractivity contribution < 1.29 is 4.52 Å². The fourth-order valence-electron chi connectivity index (χ4n) is 1.98. The van der Waals surface area contributed by atoms with Crippen LogP contribution in [0.2, 0.25) is 5.02 Å². The molecule has 0 radical (unpaired) electrons. The Bertz CT molecular complexity index is 853. The van der Waals surface area contributed by atoms with Crippen molar-refractivity contribution in [1.82, 2.24) is 15.1 Å². The molecule has 0 saturated carbocycles. The number of benzene rings is 1. The Morgan fingerprint density at radius 1 is 1.17 bits per heavy atom. The van der Waals surface area contributed by atoms with Crippen LogP contribution >= 0.6 is 11.6 Å². The van der Waals surface area contributed by atoms with Gasteiger partial charge < -0.3 is 9.84 Å². The van der Waals surface area contributed by atoms with Gasteiger partial charge in [0.15, 0.2) is 5.82 Å². The van der Waals surface area contributed by atoms with Crippen molar-refractivity contribution in [3.63, 3.8) is 0 Å². The first-order chi connectivity index (χ1) is 11.2. The van der Waals surface area contributed by atoms with Gasteiger partial charge >= 0.3 is 0 Å². The first kappa shape index (κ1) is 15.0. The Labute approximate surface area is 137 Å². The van der Waals surface area contributed by atoms with Crippen LogP contribution in [0.3, 0.4) is 0 Å². The van der Waals surface area contributed by atoms with Crippen LogP contribution in [0.4, 0.5) is 5.82 Å². The second kappa shape index (κ2) is 6.46. The summed E-state index contributed by atoms with van der Waals surface area (Å²) < 4.78 is 5.28. The molecule has 3 rings (SSSR count). The number of halogens is 1. The molecule has 0 bridgehead atoms. The number of rotatable bonds is 4. The van der Waals surface area contributed by atoms with Crippen molar-refractivity contribution in [2.75, 3.05) is 5.32 Å². The van der Waals surface area contributed by atoms with E-state index in [4.69, 9.17) is 21.4 Å². The van der Waals surface area contributed by atoms with Crippen LogP contribution in [0, 0.1) is 11.3 Å². The molecule has 1 unspecified atom stereocenters. The number of nitrogens with zero attached hydrogens (tertiary/aromatic N) is 4. The quantitative estimate of drug-likeness (QED) is 0.784. The predicted octanol–water partition coefficient (Wildman–Crippen LogP) is 3.83. The average molecular weight is 326 g/mol.